The predicted octanol–water partition coefficient (Wildman–Crippen LogP) is 5.12. The zero-order valence-electron chi connectivity index (χ0n) is 23.7. The summed E-state index contributed by atoms with van der Waals surface area (Å²) < 4.78 is 0. The SMILES string of the molecule is CCNCC.CCNCC.O=C(O)CCC(NC(c1ccccc1)(c1ccccc1)c1ccccc1)C(=O)O. The van der Waals surface area contributed by atoms with Crippen molar-refractivity contribution in [1.29, 1.82) is 0 Å². The summed E-state index contributed by atoms with van der Waals surface area (Å²) in [7, 11) is 0. The first-order valence-electron chi connectivity index (χ1n) is 13.7. The first-order valence-corrected chi connectivity index (χ1v) is 13.7. The van der Waals surface area contributed by atoms with Crippen molar-refractivity contribution in [2.75, 3.05) is 26.2 Å². The lowest BCUT2D eigenvalue weighted by Gasteiger charge is -2.39. The Kier molecular flexibility index (Phi) is 16.8. The molecule has 3 aromatic rings. The maximum atomic E-state index is 12.0. The molecule has 0 radical (unpaired) electrons. The Hall–Kier alpha value is -3.52. The van der Waals surface area contributed by atoms with E-state index in [1.165, 1.54) is 0 Å². The second kappa shape index (κ2) is 19.5. The molecule has 0 fully saturated rings. The lowest BCUT2D eigenvalue weighted by Crippen LogP contribution is -2.52. The van der Waals surface area contributed by atoms with E-state index in [-0.39, 0.29) is 12.8 Å². The summed E-state index contributed by atoms with van der Waals surface area (Å²) in [5.74, 6) is -2.11. The normalized spacial score (nSPS) is 11.3. The summed E-state index contributed by atoms with van der Waals surface area (Å²) >= 11 is 0. The van der Waals surface area contributed by atoms with Crippen molar-refractivity contribution in [3.63, 3.8) is 0 Å². The molecule has 0 saturated carbocycles. The number of carbonyl (C=O) groups is 2. The van der Waals surface area contributed by atoms with Gasteiger partial charge < -0.3 is 20.8 Å². The molecule has 1 atom stereocenters. The van der Waals surface area contributed by atoms with E-state index in [0.717, 1.165) is 42.9 Å². The average Bonchev–Trinajstić information content (AvgIpc) is 2.96. The van der Waals surface area contributed by atoms with Gasteiger partial charge in [0.05, 0.1) is 5.54 Å². The van der Waals surface area contributed by atoms with E-state index in [2.05, 4.69) is 43.6 Å². The maximum absolute atomic E-state index is 12.0. The van der Waals surface area contributed by atoms with Crippen LogP contribution in [-0.4, -0.2) is 54.4 Å². The molecule has 0 heterocycles. The van der Waals surface area contributed by atoms with Crippen LogP contribution < -0.4 is 16.0 Å². The molecule has 0 spiro atoms. The van der Waals surface area contributed by atoms with E-state index >= 15 is 0 Å². The van der Waals surface area contributed by atoms with Crippen molar-refractivity contribution in [1.82, 2.24) is 16.0 Å². The summed E-state index contributed by atoms with van der Waals surface area (Å²) in [5, 5.41) is 28.4. The van der Waals surface area contributed by atoms with Gasteiger partial charge >= 0.3 is 11.9 Å². The number of aliphatic carboxylic acids is 2. The van der Waals surface area contributed by atoms with Crippen LogP contribution >= 0.6 is 0 Å². The van der Waals surface area contributed by atoms with Crippen LogP contribution in [0.1, 0.15) is 57.2 Å². The first-order chi connectivity index (χ1) is 18.9. The third-order valence-electron chi connectivity index (χ3n) is 5.96. The fourth-order valence-electron chi connectivity index (χ4n) is 4.10. The number of hydrogen-bond donors (Lipinski definition) is 5. The van der Waals surface area contributed by atoms with Crippen molar-refractivity contribution in [3.05, 3.63) is 108 Å². The molecular weight excluding hydrogens is 490 g/mol. The minimum absolute atomic E-state index is 0.0289. The zero-order chi connectivity index (χ0) is 28.9. The van der Waals surface area contributed by atoms with Gasteiger partial charge in [-0.15, -0.1) is 0 Å². The summed E-state index contributed by atoms with van der Waals surface area (Å²) in [6.07, 6.45) is -0.267. The molecule has 0 aliphatic heterocycles. The monoisotopic (exact) mass is 535 g/mol. The summed E-state index contributed by atoms with van der Waals surface area (Å²) in [4.78, 5) is 23.1. The molecule has 212 valence electrons. The van der Waals surface area contributed by atoms with Gasteiger partial charge in [-0.05, 0) is 49.3 Å². The molecule has 5 N–H and O–H groups in total. The molecule has 3 rings (SSSR count). The van der Waals surface area contributed by atoms with Gasteiger partial charge in [0.15, 0.2) is 0 Å². The van der Waals surface area contributed by atoms with Gasteiger partial charge in [0.1, 0.15) is 6.04 Å². The van der Waals surface area contributed by atoms with Crippen LogP contribution in [0, 0.1) is 0 Å². The Labute approximate surface area is 233 Å². The van der Waals surface area contributed by atoms with Crippen molar-refractivity contribution in [2.45, 2.75) is 52.1 Å². The number of benzene rings is 3. The third-order valence-corrected chi connectivity index (χ3v) is 5.96. The van der Waals surface area contributed by atoms with Crippen molar-refractivity contribution in [2.24, 2.45) is 0 Å². The van der Waals surface area contributed by atoms with E-state index in [1.54, 1.807) is 0 Å². The number of rotatable bonds is 13. The highest BCUT2D eigenvalue weighted by atomic mass is 16.4. The van der Waals surface area contributed by atoms with E-state index in [1.807, 2.05) is 91.0 Å². The van der Waals surface area contributed by atoms with Gasteiger partial charge in [-0.1, -0.05) is 119 Å². The Bertz CT molecular complexity index is 940. The van der Waals surface area contributed by atoms with Crippen LogP contribution in [0.25, 0.3) is 0 Å². The van der Waals surface area contributed by atoms with Crippen LogP contribution in [0.15, 0.2) is 91.0 Å². The van der Waals surface area contributed by atoms with Crippen LogP contribution in [0.4, 0.5) is 0 Å². The second-order valence-corrected chi connectivity index (χ2v) is 8.73. The fourth-order valence-corrected chi connectivity index (χ4v) is 4.10. The minimum Gasteiger partial charge on any atom is -0.481 e. The van der Waals surface area contributed by atoms with Crippen LogP contribution in [0.3, 0.4) is 0 Å². The Morgan fingerprint density at radius 3 is 1.21 bits per heavy atom. The highest BCUT2D eigenvalue weighted by Crippen LogP contribution is 2.37. The molecular formula is C32H45N3O4. The highest BCUT2D eigenvalue weighted by molar-refractivity contribution is 5.75. The van der Waals surface area contributed by atoms with Gasteiger partial charge in [0.25, 0.3) is 0 Å². The zero-order valence-corrected chi connectivity index (χ0v) is 23.7. The van der Waals surface area contributed by atoms with E-state index in [4.69, 9.17) is 5.11 Å². The number of hydrogen-bond acceptors (Lipinski definition) is 5. The standard InChI is InChI=1S/C24H23NO4.2C4H11N/c26-22(27)17-16-21(23(28)29)25-24(18-10-4-1-5-11-18,19-12-6-2-7-13-19)20-14-8-3-9-15-20;2*1-3-5-4-2/h1-15,21,25H,16-17H2,(H,26,27)(H,28,29);2*5H,3-4H2,1-2H3. The van der Waals surface area contributed by atoms with Gasteiger partial charge in [-0.3, -0.25) is 14.9 Å². The minimum atomic E-state index is -1.08. The number of nitrogens with one attached hydrogen (secondary N) is 3. The third kappa shape index (κ3) is 11.4. The van der Waals surface area contributed by atoms with Gasteiger partial charge in [-0.2, -0.15) is 0 Å². The first kappa shape index (κ1) is 33.5. The van der Waals surface area contributed by atoms with E-state index < -0.39 is 23.5 Å². The molecule has 0 aliphatic rings. The highest BCUT2D eigenvalue weighted by Gasteiger charge is 2.39. The second-order valence-electron chi connectivity index (χ2n) is 8.73. The van der Waals surface area contributed by atoms with Gasteiger partial charge in [0.2, 0.25) is 0 Å². The molecule has 39 heavy (non-hydrogen) atoms. The van der Waals surface area contributed by atoms with Gasteiger partial charge in [0, 0.05) is 6.42 Å². The summed E-state index contributed by atoms with van der Waals surface area (Å²) in [5.41, 5.74) is 1.67. The lowest BCUT2D eigenvalue weighted by molar-refractivity contribution is -0.141. The van der Waals surface area contributed by atoms with Crippen LogP contribution in [0.5, 0.6) is 0 Å². The molecule has 7 nitrogen and oxygen atoms in total. The molecule has 0 aliphatic carbocycles. The smallest absolute Gasteiger partial charge is 0.320 e. The summed E-state index contributed by atoms with van der Waals surface area (Å²) in [6, 6.07) is 27.8. The Balaban J connectivity index is 0.000000650. The maximum Gasteiger partial charge on any atom is 0.320 e. The van der Waals surface area contributed by atoms with Crippen LogP contribution in [0.2, 0.25) is 0 Å². The molecule has 0 saturated heterocycles. The van der Waals surface area contributed by atoms with Crippen molar-refractivity contribution in [3.8, 4) is 0 Å². The van der Waals surface area contributed by atoms with Gasteiger partial charge in [-0.25, -0.2) is 0 Å². The average molecular weight is 536 g/mol. The molecule has 1 unspecified atom stereocenters. The number of carboxylic acids is 2. The molecule has 3 aromatic carbocycles. The topological polar surface area (TPSA) is 111 Å². The largest absolute Gasteiger partial charge is 0.481 e. The molecule has 0 aromatic heterocycles. The molecule has 0 amide bonds. The lowest BCUT2D eigenvalue weighted by atomic mass is 9.76. The van der Waals surface area contributed by atoms with Crippen molar-refractivity contribution >= 4 is 11.9 Å². The molecule has 7 heteroatoms. The number of carboxylic acid groups (broad SMARTS) is 2. The van der Waals surface area contributed by atoms with E-state index in [9.17, 15) is 14.7 Å². The predicted molar refractivity (Wildman–Crippen MR) is 159 cm³/mol. The van der Waals surface area contributed by atoms with Crippen molar-refractivity contribution < 1.29 is 19.8 Å². The van der Waals surface area contributed by atoms with E-state index in [0.29, 0.717) is 0 Å². The Morgan fingerprint density at radius 1 is 0.641 bits per heavy atom. The quantitative estimate of drug-likeness (QED) is 0.193. The fraction of sp³-hybridized carbons (Fsp3) is 0.375. The Morgan fingerprint density at radius 2 is 0.974 bits per heavy atom. The van der Waals surface area contributed by atoms with Crippen LogP contribution in [-0.2, 0) is 15.1 Å². The summed E-state index contributed by atoms with van der Waals surface area (Å²) in [6.45, 7) is 12.8. The molecule has 0 bridgehead atoms.